The van der Waals surface area contributed by atoms with E-state index in [4.69, 9.17) is 23.7 Å². The second-order valence-electron chi connectivity index (χ2n) is 15.5. The first-order chi connectivity index (χ1) is 19.9. The SMILES string of the molecule is CN(CCC[C@@H](C(=O)OC(C)(C)C)N(C(=O)OC(C)(C)C)C(=O)OC(C)(C)C)/C(=N/C(=O)OC(C)(C)C)NC(=O)OC(C)(C)C. The van der Waals surface area contributed by atoms with Crippen molar-refractivity contribution >= 4 is 36.3 Å². The molecule has 0 saturated heterocycles. The smallest absolute Gasteiger partial charge is 0.437 e. The second-order valence-corrected chi connectivity index (χ2v) is 15.5. The van der Waals surface area contributed by atoms with Crippen LogP contribution in [0.2, 0.25) is 0 Å². The molecule has 0 aromatic rings. The lowest BCUT2D eigenvalue weighted by Crippen LogP contribution is -2.53. The molecule has 0 radical (unpaired) electrons. The highest BCUT2D eigenvalue weighted by Gasteiger charge is 2.42. The van der Waals surface area contributed by atoms with Crippen LogP contribution in [0.4, 0.5) is 19.2 Å². The zero-order valence-corrected chi connectivity index (χ0v) is 30.1. The highest BCUT2D eigenvalue weighted by Crippen LogP contribution is 2.22. The Morgan fingerprint density at radius 3 is 1.40 bits per heavy atom. The molecule has 14 heteroatoms. The molecule has 260 valence electrons. The van der Waals surface area contributed by atoms with Crippen LogP contribution < -0.4 is 5.32 Å². The number of alkyl carbamates (subject to hydrolysis) is 1. The van der Waals surface area contributed by atoms with Gasteiger partial charge in [0.05, 0.1) is 0 Å². The van der Waals surface area contributed by atoms with Crippen molar-refractivity contribution in [2.24, 2.45) is 4.99 Å². The van der Waals surface area contributed by atoms with Crippen LogP contribution in [0.1, 0.15) is 117 Å². The number of esters is 1. The minimum atomic E-state index is -1.44. The fraction of sp³-hybridized carbons (Fsp3) is 0.806. The molecule has 0 fully saturated rings. The number of guanidine groups is 1. The molecule has 0 aliphatic carbocycles. The van der Waals surface area contributed by atoms with E-state index < -0.39 is 64.4 Å². The van der Waals surface area contributed by atoms with E-state index in [0.29, 0.717) is 4.90 Å². The van der Waals surface area contributed by atoms with Crippen molar-refractivity contribution in [1.29, 1.82) is 0 Å². The standard InChI is InChI=1S/C31H56N4O10/c1-27(2,3)41-21(36)20(35(25(39)44-30(10,11)12)26(40)45-31(13,14)15)18-17-19-34(16)22(32-23(37)42-28(4,5)6)33-24(38)43-29(7,8)9/h20H,17-19H2,1-16H3,(H,32,33,37,38)/t20-/m0/s1. The molecule has 0 saturated carbocycles. The number of imide groups is 1. The number of hydrogen-bond donors (Lipinski definition) is 1. The lowest BCUT2D eigenvalue weighted by Gasteiger charge is -2.34. The van der Waals surface area contributed by atoms with Crippen molar-refractivity contribution in [3.8, 4) is 0 Å². The predicted octanol–water partition coefficient (Wildman–Crippen LogP) is 6.40. The van der Waals surface area contributed by atoms with E-state index in [1.165, 1.54) is 4.90 Å². The lowest BCUT2D eigenvalue weighted by molar-refractivity contribution is -0.161. The van der Waals surface area contributed by atoms with Crippen LogP contribution in [0.3, 0.4) is 0 Å². The van der Waals surface area contributed by atoms with E-state index in [1.54, 1.807) is 111 Å². The molecule has 0 unspecified atom stereocenters. The summed E-state index contributed by atoms with van der Waals surface area (Å²) in [5.41, 5.74) is -4.59. The van der Waals surface area contributed by atoms with E-state index >= 15 is 0 Å². The van der Waals surface area contributed by atoms with Gasteiger partial charge in [-0.3, -0.25) is 5.32 Å². The van der Waals surface area contributed by atoms with Gasteiger partial charge in [-0.1, -0.05) is 0 Å². The van der Waals surface area contributed by atoms with Gasteiger partial charge < -0.3 is 28.6 Å². The number of hydrogen-bond acceptors (Lipinski definition) is 10. The van der Waals surface area contributed by atoms with Gasteiger partial charge in [-0.05, 0) is 117 Å². The molecule has 1 N–H and O–H groups in total. The largest absolute Gasteiger partial charge is 0.458 e. The first-order valence-corrected chi connectivity index (χ1v) is 14.9. The third-order valence-corrected chi connectivity index (χ3v) is 4.71. The number of ether oxygens (including phenoxy) is 5. The monoisotopic (exact) mass is 644 g/mol. The van der Waals surface area contributed by atoms with Gasteiger partial charge in [0, 0.05) is 13.6 Å². The van der Waals surface area contributed by atoms with Gasteiger partial charge in [0.25, 0.3) is 0 Å². The summed E-state index contributed by atoms with van der Waals surface area (Å²) in [4.78, 5) is 71.1. The molecule has 0 aliphatic heterocycles. The molecule has 0 aliphatic rings. The summed E-state index contributed by atoms with van der Waals surface area (Å²) in [6.07, 6.45) is -3.92. The van der Waals surface area contributed by atoms with Crippen molar-refractivity contribution in [3.63, 3.8) is 0 Å². The number of nitrogens with one attached hydrogen (secondary N) is 1. The fourth-order valence-corrected chi connectivity index (χ4v) is 3.28. The fourth-order valence-electron chi connectivity index (χ4n) is 3.28. The molecular formula is C31H56N4O10. The summed E-state index contributed by atoms with van der Waals surface area (Å²) in [6, 6.07) is -1.44. The summed E-state index contributed by atoms with van der Waals surface area (Å²) in [5, 5.41) is 2.46. The van der Waals surface area contributed by atoms with Crippen molar-refractivity contribution in [2.75, 3.05) is 13.6 Å². The van der Waals surface area contributed by atoms with E-state index in [1.807, 2.05) is 0 Å². The van der Waals surface area contributed by atoms with Crippen molar-refractivity contribution in [1.82, 2.24) is 15.1 Å². The number of nitrogens with zero attached hydrogens (tertiary/aromatic N) is 3. The number of amides is 4. The molecule has 0 aromatic carbocycles. The molecule has 1 atom stereocenters. The maximum atomic E-state index is 13.5. The third-order valence-electron chi connectivity index (χ3n) is 4.71. The quantitative estimate of drug-likeness (QED) is 0.147. The normalized spacial score (nSPS) is 13.6. The first-order valence-electron chi connectivity index (χ1n) is 14.9. The average Bonchev–Trinajstić information content (AvgIpc) is 2.71. The molecule has 0 spiro atoms. The van der Waals surface area contributed by atoms with Crippen LogP contribution in [0.15, 0.2) is 4.99 Å². The summed E-state index contributed by atoms with van der Waals surface area (Å²) in [7, 11) is 1.54. The molecule has 0 heterocycles. The molecule has 0 aromatic heterocycles. The van der Waals surface area contributed by atoms with Crippen molar-refractivity contribution < 1.29 is 47.7 Å². The Morgan fingerprint density at radius 1 is 0.622 bits per heavy atom. The summed E-state index contributed by atoms with van der Waals surface area (Å²) in [5.74, 6) is -1.03. The molecule has 0 bridgehead atoms. The van der Waals surface area contributed by atoms with Gasteiger partial charge in [0.15, 0.2) is 0 Å². The third kappa shape index (κ3) is 19.4. The first kappa shape index (κ1) is 41.4. The Balaban J connectivity index is 6.40. The van der Waals surface area contributed by atoms with Crippen LogP contribution in [-0.4, -0.2) is 93.7 Å². The van der Waals surface area contributed by atoms with Crippen LogP contribution in [0.5, 0.6) is 0 Å². The van der Waals surface area contributed by atoms with E-state index in [2.05, 4.69) is 10.3 Å². The van der Waals surface area contributed by atoms with Gasteiger partial charge in [-0.2, -0.15) is 4.90 Å². The molecule has 0 rings (SSSR count). The van der Waals surface area contributed by atoms with Gasteiger partial charge in [0.2, 0.25) is 5.96 Å². The van der Waals surface area contributed by atoms with Crippen LogP contribution >= 0.6 is 0 Å². The van der Waals surface area contributed by atoms with Crippen LogP contribution in [0.25, 0.3) is 0 Å². The number of rotatable bonds is 6. The van der Waals surface area contributed by atoms with Gasteiger partial charge in [-0.25, -0.2) is 24.0 Å². The Labute approximate surface area is 268 Å². The topological polar surface area (TPSA) is 162 Å². The van der Waals surface area contributed by atoms with Gasteiger partial charge >= 0.3 is 30.3 Å². The Hall–Kier alpha value is -3.58. The molecule has 45 heavy (non-hydrogen) atoms. The van der Waals surface area contributed by atoms with E-state index in [-0.39, 0.29) is 25.3 Å². The Kier molecular flexibility index (Phi) is 14.4. The highest BCUT2D eigenvalue weighted by atomic mass is 16.6. The minimum Gasteiger partial charge on any atom is -0.458 e. The molecule has 14 nitrogen and oxygen atoms in total. The number of aliphatic imine (C=N–C) groups is 1. The lowest BCUT2D eigenvalue weighted by atomic mass is 10.1. The molecular weight excluding hydrogens is 588 g/mol. The second kappa shape index (κ2) is 15.6. The maximum Gasteiger partial charge on any atom is 0.437 e. The van der Waals surface area contributed by atoms with Gasteiger partial charge in [-0.15, -0.1) is 4.99 Å². The summed E-state index contributed by atoms with van der Waals surface area (Å²) < 4.78 is 27.1. The van der Waals surface area contributed by atoms with E-state index in [9.17, 15) is 24.0 Å². The zero-order valence-electron chi connectivity index (χ0n) is 30.1. The van der Waals surface area contributed by atoms with Crippen molar-refractivity contribution in [2.45, 2.75) is 151 Å². The average molecular weight is 645 g/mol. The van der Waals surface area contributed by atoms with E-state index in [0.717, 1.165) is 0 Å². The number of carbonyl (C=O) groups excluding carboxylic acids is 5. The Bertz CT molecular complexity index is 1060. The van der Waals surface area contributed by atoms with Crippen LogP contribution in [0, 0.1) is 0 Å². The predicted molar refractivity (Wildman–Crippen MR) is 169 cm³/mol. The van der Waals surface area contributed by atoms with Crippen LogP contribution in [-0.2, 0) is 28.5 Å². The summed E-state index contributed by atoms with van der Waals surface area (Å²) >= 11 is 0. The summed E-state index contributed by atoms with van der Waals surface area (Å²) in [6.45, 7) is 24.8. The van der Waals surface area contributed by atoms with Gasteiger partial charge in [0.1, 0.15) is 34.0 Å². The molecule has 4 amide bonds. The minimum absolute atomic E-state index is 0.0905. The van der Waals surface area contributed by atoms with Crippen molar-refractivity contribution in [3.05, 3.63) is 0 Å². The zero-order chi connectivity index (χ0) is 35.8. The maximum absolute atomic E-state index is 13.5. The Morgan fingerprint density at radius 2 is 1.02 bits per heavy atom. The highest BCUT2D eigenvalue weighted by molar-refractivity contribution is 5.99. The number of carbonyl (C=O) groups is 5.